The van der Waals surface area contributed by atoms with Crippen molar-refractivity contribution in [3.8, 4) is 22.6 Å². The number of hydrogen-bond donors (Lipinski definition) is 2. The van der Waals surface area contributed by atoms with Gasteiger partial charge >= 0.3 is 0 Å². The van der Waals surface area contributed by atoms with Gasteiger partial charge in [-0.1, -0.05) is 12.1 Å². The predicted molar refractivity (Wildman–Crippen MR) is 79.1 cm³/mol. The van der Waals surface area contributed by atoms with Gasteiger partial charge in [0.15, 0.2) is 0 Å². The molecule has 0 unspecified atom stereocenters. The van der Waals surface area contributed by atoms with E-state index < -0.39 is 10.1 Å². The molecule has 0 bridgehead atoms. The first kappa shape index (κ1) is 15.3. The number of aromatic hydroxyl groups is 1. The van der Waals surface area contributed by atoms with Crippen LogP contribution in [0.1, 0.15) is 13.8 Å². The first-order chi connectivity index (χ1) is 9.77. The van der Waals surface area contributed by atoms with Crippen LogP contribution in [0.5, 0.6) is 11.5 Å². The Morgan fingerprint density at radius 2 is 1.67 bits per heavy atom. The normalized spacial score (nSPS) is 11.6. The van der Waals surface area contributed by atoms with Crippen molar-refractivity contribution >= 4 is 10.1 Å². The third-order valence-corrected chi connectivity index (χ3v) is 3.69. The van der Waals surface area contributed by atoms with E-state index in [1.165, 1.54) is 24.3 Å². The molecule has 6 heteroatoms. The Labute approximate surface area is 123 Å². The summed E-state index contributed by atoms with van der Waals surface area (Å²) in [6.45, 7) is 3.72. The van der Waals surface area contributed by atoms with Gasteiger partial charge in [-0.05, 0) is 49.7 Å². The monoisotopic (exact) mass is 308 g/mol. The van der Waals surface area contributed by atoms with Gasteiger partial charge in [-0.25, -0.2) is 0 Å². The highest BCUT2D eigenvalue weighted by atomic mass is 32.2. The second-order valence-electron chi connectivity index (χ2n) is 4.85. The first-order valence-electron chi connectivity index (χ1n) is 6.35. The van der Waals surface area contributed by atoms with Crippen molar-refractivity contribution in [3.05, 3.63) is 42.5 Å². The van der Waals surface area contributed by atoms with E-state index >= 15 is 0 Å². The Hall–Kier alpha value is -2.05. The van der Waals surface area contributed by atoms with Gasteiger partial charge in [0.25, 0.3) is 10.1 Å². The lowest BCUT2D eigenvalue weighted by Crippen LogP contribution is -2.07. The zero-order valence-corrected chi connectivity index (χ0v) is 12.5. The van der Waals surface area contributed by atoms with Crippen molar-refractivity contribution in [3.63, 3.8) is 0 Å². The Morgan fingerprint density at radius 1 is 1.05 bits per heavy atom. The van der Waals surface area contributed by atoms with Crippen molar-refractivity contribution < 1.29 is 22.8 Å². The molecule has 0 aliphatic carbocycles. The molecule has 2 rings (SSSR count). The van der Waals surface area contributed by atoms with Gasteiger partial charge in [0.1, 0.15) is 16.4 Å². The second-order valence-corrected chi connectivity index (χ2v) is 6.24. The van der Waals surface area contributed by atoms with Gasteiger partial charge in [0.2, 0.25) is 0 Å². The van der Waals surface area contributed by atoms with Crippen LogP contribution < -0.4 is 4.74 Å². The second kappa shape index (κ2) is 5.75. The van der Waals surface area contributed by atoms with Crippen LogP contribution in [0.25, 0.3) is 11.1 Å². The average molecular weight is 308 g/mol. The maximum atomic E-state index is 11.5. The van der Waals surface area contributed by atoms with Gasteiger partial charge in [-0.2, -0.15) is 8.42 Å². The van der Waals surface area contributed by atoms with E-state index in [4.69, 9.17) is 4.74 Å². The zero-order valence-electron chi connectivity index (χ0n) is 11.6. The molecule has 0 radical (unpaired) electrons. The van der Waals surface area contributed by atoms with Crippen LogP contribution in [0.4, 0.5) is 0 Å². The number of phenolic OH excluding ortho intramolecular Hbond substituents is 1. The summed E-state index contributed by atoms with van der Waals surface area (Å²) in [5.41, 5.74) is 0.866. The molecule has 21 heavy (non-hydrogen) atoms. The average Bonchev–Trinajstić information content (AvgIpc) is 2.37. The molecule has 2 N–H and O–H groups in total. The van der Waals surface area contributed by atoms with Gasteiger partial charge in [0.05, 0.1) is 6.10 Å². The van der Waals surface area contributed by atoms with Crippen molar-refractivity contribution in [2.45, 2.75) is 24.8 Å². The predicted octanol–water partition coefficient (Wildman–Crippen LogP) is 3.09. The number of hydrogen-bond acceptors (Lipinski definition) is 4. The van der Waals surface area contributed by atoms with Crippen molar-refractivity contribution in [2.24, 2.45) is 0 Å². The molecule has 0 amide bonds. The van der Waals surface area contributed by atoms with E-state index in [0.29, 0.717) is 16.9 Å². The fourth-order valence-corrected chi connectivity index (χ4v) is 2.64. The quantitative estimate of drug-likeness (QED) is 0.848. The van der Waals surface area contributed by atoms with Crippen LogP contribution >= 0.6 is 0 Å². The summed E-state index contributed by atoms with van der Waals surface area (Å²) in [6.07, 6.45) is -0.0609. The van der Waals surface area contributed by atoms with Gasteiger partial charge in [-0.3, -0.25) is 4.55 Å². The van der Waals surface area contributed by atoms with Crippen molar-refractivity contribution in [2.75, 3.05) is 0 Å². The molecule has 2 aromatic carbocycles. The van der Waals surface area contributed by atoms with Crippen LogP contribution in [-0.4, -0.2) is 24.2 Å². The Morgan fingerprint density at radius 3 is 2.19 bits per heavy atom. The molecule has 5 nitrogen and oxygen atoms in total. The van der Waals surface area contributed by atoms with Crippen LogP contribution in [0.2, 0.25) is 0 Å². The zero-order chi connectivity index (χ0) is 15.6. The minimum Gasteiger partial charge on any atom is -0.508 e. The lowest BCUT2D eigenvalue weighted by molar-refractivity contribution is 0.242. The summed E-state index contributed by atoms with van der Waals surface area (Å²) in [7, 11) is -4.36. The third kappa shape index (κ3) is 3.74. The maximum absolute atomic E-state index is 11.5. The fraction of sp³-hybridized carbons (Fsp3) is 0.200. The first-order valence-corrected chi connectivity index (χ1v) is 7.79. The largest absolute Gasteiger partial charge is 0.508 e. The van der Waals surface area contributed by atoms with Crippen molar-refractivity contribution in [1.82, 2.24) is 0 Å². The molecule has 0 aliphatic heterocycles. The number of ether oxygens (including phenoxy) is 1. The highest BCUT2D eigenvalue weighted by Crippen LogP contribution is 2.32. The minimum absolute atomic E-state index is 0.0609. The molecule has 0 aliphatic rings. The molecule has 2 aromatic rings. The fourth-order valence-electron chi connectivity index (χ4n) is 1.95. The standard InChI is InChI=1S/C15H16O5S/c1-10(2)20-13-7-8-15(21(17,18)19)14(9-13)11-3-5-12(16)6-4-11/h3-10,16H,1-2H3,(H,17,18,19). The summed E-state index contributed by atoms with van der Waals surface area (Å²) < 4.78 is 37.9. The maximum Gasteiger partial charge on any atom is 0.295 e. The van der Waals surface area contributed by atoms with E-state index in [1.54, 1.807) is 18.2 Å². The van der Waals surface area contributed by atoms with E-state index in [0.717, 1.165) is 0 Å². The summed E-state index contributed by atoms with van der Waals surface area (Å²) in [5, 5.41) is 9.31. The van der Waals surface area contributed by atoms with E-state index in [-0.39, 0.29) is 16.7 Å². The number of benzene rings is 2. The SMILES string of the molecule is CC(C)Oc1ccc(S(=O)(=O)O)c(-c2ccc(O)cc2)c1. The third-order valence-electron chi connectivity index (χ3n) is 2.78. The lowest BCUT2D eigenvalue weighted by atomic mass is 10.1. The lowest BCUT2D eigenvalue weighted by Gasteiger charge is -2.13. The highest BCUT2D eigenvalue weighted by Gasteiger charge is 2.18. The Balaban J connectivity index is 2.61. The summed E-state index contributed by atoms with van der Waals surface area (Å²) in [5.74, 6) is 0.571. The van der Waals surface area contributed by atoms with Gasteiger partial charge in [0, 0.05) is 5.56 Å². The van der Waals surface area contributed by atoms with Crippen LogP contribution in [0.3, 0.4) is 0 Å². The Kier molecular flexibility index (Phi) is 4.20. The topological polar surface area (TPSA) is 83.8 Å². The van der Waals surface area contributed by atoms with Crippen LogP contribution in [-0.2, 0) is 10.1 Å². The van der Waals surface area contributed by atoms with Crippen LogP contribution in [0, 0.1) is 0 Å². The van der Waals surface area contributed by atoms with Crippen molar-refractivity contribution in [1.29, 1.82) is 0 Å². The molecule has 0 saturated carbocycles. The molecule has 0 atom stereocenters. The molecular weight excluding hydrogens is 292 g/mol. The van der Waals surface area contributed by atoms with Crippen LogP contribution in [0.15, 0.2) is 47.4 Å². The smallest absolute Gasteiger partial charge is 0.295 e. The molecular formula is C15H16O5S. The van der Waals surface area contributed by atoms with E-state index in [1.807, 2.05) is 13.8 Å². The minimum atomic E-state index is -4.36. The molecule has 0 spiro atoms. The summed E-state index contributed by atoms with van der Waals surface area (Å²) in [4.78, 5) is -0.204. The Bertz CT molecular complexity index is 733. The highest BCUT2D eigenvalue weighted by molar-refractivity contribution is 7.86. The molecule has 0 fully saturated rings. The van der Waals surface area contributed by atoms with Gasteiger partial charge in [-0.15, -0.1) is 0 Å². The van der Waals surface area contributed by atoms with E-state index in [2.05, 4.69) is 0 Å². The molecule has 112 valence electrons. The number of phenols is 1. The summed E-state index contributed by atoms with van der Waals surface area (Å²) in [6, 6.07) is 10.4. The summed E-state index contributed by atoms with van der Waals surface area (Å²) >= 11 is 0. The molecule has 0 heterocycles. The van der Waals surface area contributed by atoms with E-state index in [9.17, 15) is 18.1 Å². The number of rotatable bonds is 4. The molecule has 0 aromatic heterocycles. The molecule has 0 saturated heterocycles. The van der Waals surface area contributed by atoms with Gasteiger partial charge < -0.3 is 9.84 Å².